The molecular formula is C20H23F6NO7. The van der Waals surface area contributed by atoms with E-state index in [0.29, 0.717) is 0 Å². The van der Waals surface area contributed by atoms with Crippen LogP contribution in [-0.4, -0.2) is 66.3 Å². The molecule has 2 unspecified atom stereocenters. The highest BCUT2D eigenvalue weighted by atomic mass is 19.4. The van der Waals surface area contributed by atoms with Crippen LogP contribution in [0.25, 0.3) is 0 Å². The van der Waals surface area contributed by atoms with Gasteiger partial charge >= 0.3 is 24.3 Å². The molecule has 1 aromatic carbocycles. The van der Waals surface area contributed by atoms with Crippen molar-refractivity contribution < 1.29 is 60.4 Å². The Kier molecular flexibility index (Phi) is 7.80. The Bertz CT molecular complexity index is 843. The summed E-state index contributed by atoms with van der Waals surface area (Å²) in [6.45, 7) is 1.45. The van der Waals surface area contributed by atoms with Gasteiger partial charge in [-0.15, -0.1) is 0 Å². The van der Waals surface area contributed by atoms with Crippen LogP contribution in [0.2, 0.25) is 0 Å². The number of hydrogen-bond acceptors (Lipinski definition) is 8. The number of ether oxygens (including phenoxy) is 3. The smallest absolute Gasteiger partial charge is 0.432 e. The normalized spacial score (nSPS) is 29.9. The molecule has 34 heavy (non-hydrogen) atoms. The van der Waals surface area contributed by atoms with Gasteiger partial charge in [0.2, 0.25) is 11.4 Å². The number of esters is 2. The Labute approximate surface area is 189 Å². The van der Waals surface area contributed by atoms with E-state index < -0.39 is 72.3 Å². The fourth-order valence-electron chi connectivity index (χ4n) is 3.96. The molecule has 2 rings (SSSR count). The van der Waals surface area contributed by atoms with Crippen LogP contribution in [0.3, 0.4) is 0 Å². The Balaban J connectivity index is 2.95. The molecule has 1 aromatic rings. The lowest BCUT2D eigenvalue weighted by Crippen LogP contribution is -2.81. The van der Waals surface area contributed by atoms with E-state index in [1.54, 1.807) is 0 Å². The van der Waals surface area contributed by atoms with Crippen LogP contribution in [0.5, 0.6) is 5.75 Å². The van der Waals surface area contributed by atoms with Gasteiger partial charge in [0, 0.05) is 5.92 Å². The van der Waals surface area contributed by atoms with Crippen LogP contribution in [0, 0.1) is 11.8 Å². The Morgan fingerprint density at radius 2 is 1.26 bits per heavy atom. The number of rotatable bonds is 6. The van der Waals surface area contributed by atoms with Crippen LogP contribution in [0.1, 0.15) is 25.3 Å². The average molecular weight is 503 g/mol. The average Bonchev–Trinajstić information content (AvgIpc) is 2.72. The molecule has 0 saturated carbocycles. The Hall–Kier alpha value is -2.58. The standard InChI is InChI=1S/C20H23F6NO7/c1-4-33-15(28)13-12(10-6-8-11(32-3)9-7-10)14(16(29)34-5-2)18(31,20(24,25)26)27-17(13,30)19(21,22)23/h6-9,12-14,27,30-31H,4-5H2,1-3H3/t12?,13-,14?,17+,18-/m0/s1. The Morgan fingerprint density at radius 1 is 0.882 bits per heavy atom. The zero-order valence-electron chi connectivity index (χ0n) is 18.2. The summed E-state index contributed by atoms with van der Waals surface area (Å²) in [6, 6.07) is 4.31. The van der Waals surface area contributed by atoms with E-state index in [2.05, 4.69) is 9.47 Å². The molecule has 8 nitrogen and oxygen atoms in total. The predicted octanol–water partition coefficient (Wildman–Crippen LogP) is 2.24. The molecule has 1 aliphatic heterocycles. The monoisotopic (exact) mass is 503 g/mol. The van der Waals surface area contributed by atoms with Crippen LogP contribution in [-0.2, 0) is 19.1 Å². The second-order valence-electron chi connectivity index (χ2n) is 7.41. The number of benzene rings is 1. The van der Waals surface area contributed by atoms with Gasteiger partial charge in [-0.25, -0.2) is 5.32 Å². The van der Waals surface area contributed by atoms with Gasteiger partial charge in [-0.2, -0.15) is 26.3 Å². The summed E-state index contributed by atoms with van der Waals surface area (Å²) in [6.07, 6.45) is -11.9. The highest BCUT2D eigenvalue weighted by molar-refractivity contribution is 5.81. The lowest BCUT2D eigenvalue weighted by molar-refractivity contribution is -0.376. The van der Waals surface area contributed by atoms with Gasteiger partial charge in [0.25, 0.3) is 0 Å². The van der Waals surface area contributed by atoms with E-state index in [0.717, 1.165) is 29.6 Å². The van der Waals surface area contributed by atoms with Crippen LogP contribution >= 0.6 is 0 Å². The fourth-order valence-corrected chi connectivity index (χ4v) is 3.96. The van der Waals surface area contributed by atoms with Crippen molar-refractivity contribution in [2.24, 2.45) is 11.8 Å². The number of methoxy groups -OCH3 is 1. The highest BCUT2D eigenvalue weighted by Crippen LogP contribution is 2.55. The van der Waals surface area contributed by atoms with Crippen molar-refractivity contribution in [1.82, 2.24) is 5.32 Å². The molecule has 1 heterocycles. The molecule has 192 valence electrons. The van der Waals surface area contributed by atoms with Gasteiger partial charge in [0.15, 0.2) is 0 Å². The summed E-state index contributed by atoms with van der Waals surface area (Å²) in [5.41, 5.74) is -9.74. The molecule has 1 saturated heterocycles. The number of alkyl halides is 6. The molecule has 3 N–H and O–H groups in total. The maximum atomic E-state index is 14.1. The van der Waals surface area contributed by atoms with Crippen molar-refractivity contribution in [3.8, 4) is 5.75 Å². The molecule has 0 amide bonds. The molecule has 1 aliphatic rings. The second kappa shape index (κ2) is 9.58. The van der Waals surface area contributed by atoms with Crippen molar-refractivity contribution in [1.29, 1.82) is 0 Å². The first-order valence-corrected chi connectivity index (χ1v) is 9.93. The van der Waals surface area contributed by atoms with E-state index in [4.69, 9.17) is 4.74 Å². The van der Waals surface area contributed by atoms with E-state index in [1.807, 2.05) is 0 Å². The molecule has 1 fully saturated rings. The molecular weight excluding hydrogens is 480 g/mol. The lowest BCUT2D eigenvalue weighted by Gasteiger charge is -2.54. The minimum atomic E-state index is -5.94. The predicted molar refractivity (Wildman–Crippen MR) is 101 cm³/mol. The topological polar surface area (TPSA) is 114 Å². The van der Waals surface area contributed by atoms with Gasteiger partial charge in [-0.05, 0) is 31.5 Å². The van der Waals surface area contributed by atoms with Gasteiger partial charge in [0.1, 0.15) is 17.6 Å². The molecule has 14 heteroatoms. The minimum absolute atomic E-state index is 0.148. The number of carbonyl (C=O) groups is 2. The number of nitrogens with one attached hydrogen (secondary N) is 1. The first-order valence-electron chi connectivity index (χ1n) is 9.93. The van der Waals surface area contributed by atoms with Crippen LogP contribution < -0.4 is 10.1 Å². The van der Waals surface area contributed by atoms with Gasteiger partial charge in [-0.1, -0.05) is 12.1 Å². The van der Waals surface area contributed by atoms with Gasteiger partial charge in [-0.3, -0.25) is 9.59 Å². The molecule has 5 atom stereocenters. The summed E-state index contributed by atoms with van der Waals surface area (Å²) in [4.78, 5) is 25.4. The SMILES string of the molecule is CCOC(=O)C1C(c2ccc(OC)cc2)[C@@H](C(=O)OCC)[C@@](O)(C(F)(F)F)N[C@@]1(O)C(F)(F)F. The summed E-state index contributed by atoms with van der Waals surface area (Å²) < 4.78 is 98.5. The van der Waals surface area contributed by atoms with Crippen molar-refractivity contribution >= 4 is 11.9 Å². The number of piperidine rings is 1. The summed E-state index contributed by atoms with van der Waals surface area (Å²) in [5.74, 6) is -11.5. The van der Waals surface area contributed by atoms with Crippen molar-refractivity contribution in [3.63, 3.8) is 0 Å². The quantitative estimate of drug-likeness (QED) is 0.400. The number of halogens is 6. The van der Waals surface area contributed by atoms with Crippen LogP contribution in [0.4, 0.5) is 26.3 Å². The second-order valence-corrected chi connectivity index (χ2v) is 7.41. The molecule has 0 spiro atoms. The zero-order valence-corrected chi connectivity index (χ0v) is 18.2. The van der Waals surface area contributed by atoms with Crippen molar-refractivity contribution in [2.75, 3.05) is 20.3 Å². The summed E-state index contributed by atoms with van der Waals surface area (Å²) >= 11 is 0. The molecule has 0 aromatic heterocycles. The van der Waals surface area contributed by atoms with Gasteiger partial charge < -0.3 is 24.4 Å². The first kappa shape index (κ1) is 27.7. The molecule has 0 bridgehead atoms. The van der Waals surface area contributed by atoms with Gasteiger partial charge in [0.05, 0.1) is 20.3 Å². The lowest BCUT2D eigenvalue weighted by atomic mass is 9.64. The van der Waals surface area contributed by atoms with E-state index in [9.17, 15) is 46.1 Å². The third-order valence-electron chi connectivity index (χ3n) is 5.45. The maximum absolute atomic E-state index is 14.1. The summed E-state index contributed by atoms with van der Waals surface area (Å²) in [7, 11) is 1.24. The number of carbonyl (C=O) groups excluding carboxylic acids is 2. The summed E-state index contributed by atoms with van der Waals surface area (Å²) in [5, 5.41) is 21.8. The highest BCUT2D eigenvalue weighted by Gasteiger charge is 2.78. The van der Waals surface area contributed by atoms with Crippen LogP contribution in [0.15, 0.2) is 24.3 Å². The van der Waals surface area contributed by atoms with E-state index in [-0.39, 0.29) is 5.75 Å². The first-order chi connectivity index (χ1) is 15.6. The minimum Gasteiger partial charge on any atom is -0.497 e. The number of hydrogen-bond donors (Lipinski definition) is 3. The molecule has 0 aliphatic carbocycles. The Morgan fingerprint density at radius 3 is 1.56 bits per heavy atom. The van der Waals surface area contributed by atoms with E-state index >= 15 is 0 Å². The van der Waals surface area contributed by atoms with Crippen molar-refractivity contribution in [3.05, 3.63) is 29.8 Å². The molecule has 0 radical (unpaired) electrons. The number of aliphatic hydroxyl groups is 2. The zero-order chi connectivity index (χ0) is 26.1. The van der Waals surface area contributed by atoms with Crippen molar-refractivity contribution in [2.45, 2.75) is 43.6 Å². The largest absolute Gasteiger partial charge is 0.497 e. The third kappa shape index (κ3) is 4.66. The fraction of sp³-hybridized carbons (Fsp3) is 0.600. The third-order valence-corrected chi connectivity index (χ3v) is 5.45. The van der Waals surface area contributed by atoms with E-state index in [1.165, 1.54) is 21.0 Å². The maximum Gasteiger partial charge on any atom is 0.432 e.